The van der Waals surface area contributed by atoms with Crippen molar-refractivity contribution >= 4 is 15.8 Å². The molecule has 2 aliphatic heterocycles. The van der Waals surface area contributed by atoms with Crippen molar-refractivity contribution in [2.24, 2.45) is 11.8 Å². The lowest BCUT2D eigenvalue weighted by Gasteiger charge is -2.36. The first-order valence-corrected chi connectivity index (χ1v) is 11.7. The molecule has 7 heteroatoms. The van der Waals surface area contributed by atoms with Gasteiger partial charge in [0.05, 0.1) is 0 Å². The van der Waals surface area contributed by atoms with Gasteiger partial charge in [0.25, 0.3) is 0 Å². The highest BCUT2D eigenvalue weighted by atomic mass is 32.2. The van der Waals surface area contributed by atoms with Gasteiger partial charge in [0.1, 0.15) is 10.7 Å². The van der Waals surface area contributed by atoms with Crippen LogP contribution in [0.5, 0.6) is 0 Å². The molecule has 1 aromatic heterocycles. The van der Waals surface area contributed by atoms with Crippen LogP contribution in [0, 0.1) is 11.8 Å². The van der Waals surface area contributed by atoms with Crippen LogP contribution in [0.1, 0.15) is 46.5 Å². The Hall–Kier alpha value is -1.18. The van der Waals surface area contributed by atoms with E-state index in [1.165, 1.54) is 12.6 Å². The predicted octanol–water partition coefficient (Wildman–Crippen LogP) is 3.03. The summed E-state index contributed by atoms with van der Waals surface area (Å²) in [6, 6.07) is 3.73. The second kappa shape index (κ2) is 8.88. The summed E-state index contributed by atoms with van der Waals surface area (Å²) in [5.74, 6) is 2.23. The van der Waals surface area contributed by atoms with Crippen LogP contribution in [-0.4, -0.2) is 61.4 Å². The highest BCUT2D eigenvalue weighted by molar-refractivity contribution is 7.89. The fraction of sp³-hybridized carbons (Fsp3) is 0.750. The highest BCUT2D eigenvalue weighted by Crippen LogP contribution is 2.22. The van der Waals surface area contributed by atoms with Gasteiger partial charge in [0, 0.05) is 45.0 Å². The summed E-state index contributed by atoms with van der Waals surface area (Å²) in [6.07, 6.45) is 5.80. The molecule has 2 aliphatic rings. The number of hydrogen-bond acceptors (Lipinski definition) is 5. The van der Waals surface area contributed by atoms with Gasteiger partial charge in [-0.25, -0.2) is 13.4 Å². The lowest BCUT2D eigenvalue weighted by Crippen LogP contribution is -2.43. The van der Waals surface area contributed by atoms with E-state index in [0.29, 0.717) is 18.0 Å². The van der Waals surface area contributed by atoms with E-state index in [-0.39, 0.29) is 6.04 Å². The Morgan fingerprint density at radius 2 is 1.81 bits per heavy atom. The average molecular weight is 395 g/mol. The third-order valence-electron chi connectivity index (χ3n) is 5.56. The highest BCUT2D eigenvalue weighted by Gasteiger charge is 2.26. The summed E-state index contributed by atoms with van der Waals surface area (Å²) in [5.41, 5.74) is 0. The maximum absolute atomic E-state index is 12.7. The monoisotopic (exact) mass is 394 g/mol. The second-order valence-corrected chi connectivity index (χ2v) is 10.5. The number of anilines is 1. The molecule has 27 heavy (non-hydrogen) atoms. The third-order valence-corrected chi connectivity index (χ3v) is 7.44. The van der Waals surface area contributed by atoms with E-state index in [1.807, 2.05) is 0 Å². The molecule has 0 amide bonds. The summed E-state index contributed by atoms with van der Waals surface area (Å²) in [5, 5.41) is 3.42. The van der Waals surface area contributed by atoms with Crippen LogP contribution in [0.2, 0.25) is 0 Å². The quantitative estimate of drug-likeness (QED) is 0.803. The van der Waals surface area contributed by atoms with Gasteiger partial charge in [0.15, 0.2) is 0 Å². The van der Waals surface area contributed by atoms with Crippen molar-refractivity contribution in [2.45, 2.75) is 57.4 Å². The minimum absolute atomic E-state index is 0.263. The lowest BCUT2D eigenvalue weighted by molar-refractivity contribution is 0.138. The van der Waals surface area contributed by atoms with Gasteiger partial charge >= 0.3 is 0 Å². The molecule has 3 atom stereocenters. The van der Waals surface area contributed by atoms with Crippen LogP contribution in [-0.2, 0) is 10.0 Å². The van der Waals surface area contributed by atoms with E-state index >= 15 is 0 Å². The lowest BCUT2D eigenvalue weighted by atomic mass is 9.92. The molecule has 0 saturated carbocycles. The Balaban J connectivity index is 1.57. The number of aromatic nitrogens is 1. The molecule has 152 valence electrons. The SMILES string of the molecule is CC1CC(C)CN(CC(C)Nc2ccc(S(=O)(=O)N3CCCCC3)cn2)C1. The molecule has 0 aliphatic carbocycles. The van der Waals surface area contributed by atoms with Gasteiger partial charge in [0.2, 0.25) is 10.0 Å². The van der Waals surface area contributed by atoms with E-state index in [4.69, 9.17) is 0 Å². The van der Waals surface area contributed by atoms with Crippen LogP contribution in [0.25, 0.3) is 0 Å². The van der Waals surface area contributed by atoms with E-state index in [1.54, 1.807) is 16.4 Å². The molecular weight excluding hydrogens is 360 g/mol. The number of nitrogens with one attached hydrogen (secondary N) is 1. The molecular formula is C20H34N4O2S. The normalized spacial score (nSPS) is 26.6. The van der Waals surface area contributed by atoms with Crippen molar-refractivity contribution in [1.29, 1.82) is 0 Å². The molecule has 1 aromatic rings. The zero-order valence-electron chi connectivity index (χ0n) is 16.9. The van der Waals surface area contributed by atoms with Crippen LogP contribution >= 0.6 is 0 Å². The van der Waals surface area contributed by atoms with E-state index in [2.05, 4.69) is 36.0 Å². The average Bonchev–Trinajstić information content (AvgIpc) is 2.62. The molecule has 0 radical (unpaired) electrons. The largest absolute Gasteiger partial charge is 0.366 e. The van der Waals surface area contributed by atoms with E-state index in [0.717, 1.165) is 56.6 Å². The van der Waals surface area contributed by atoms with Gasteiger partial charge in [-0.2, -0.15) is 4.31 Å². The van der Waals surface area contributed by atoms with Crippen LogP contribution in [0.4, 0.5) is 5.82 Å². The van der Waals surface area contributed by atoms with Crippen LogP contribution in [0.3, 0.4) is 0 Å². The summed E-state index contributed by atoms with van der Waals surface area (Å²) < 4.78 is 27.0. The van der Waals surface area contributed by atoms with Gasteiger partial charge in [-0.15, -0.1) is 0 Å². The topological polar surface area (TPSA) is 65.5 Å². The van der Waals surface area contributed by atoms with Gasteiger partial charge < -0.3 is 10.2 Å². The number of sulfonamides is 1. The second-order valence-electron chi connectivity index (χ2n) is 8.55. The first kappa shape index (κ1) is 20.6. The number of hydrogen-bond donors (Lipinski definition) is 1. The minimum Gasteiger partial charge on any atom is -0.366 e. The molecule has 0 aromatic carbocycles. The smallest absolute Gasteiger partial charge is 0.244 e. The first-order chi connectivity index (χ1) is 12.8. The maximum atomic E-state index is 12.7. The Labute approximate surface area is 164 Å². The van der Waals surface area contributed by atoms with Crippen molar-refractivity contribution in [2.75, 3.05) is 38.0 Å². The summed E-state index contributed by atoms with van der Waals surface area (Å²) in [7, 11) is -3.41. The van der Waals surface area contributed by atoms with Crippen molar-refractivity contribution < 1.29 is 8.42 Å². The fourth-order valence-electron chi connectivity index (χ4n) is 4.50. The number of piperidine rings is 2. The van der Waals surface area contributed by atoms with Gasteiger partial charge in [-0.3, -0.25) is 0 Å². The molecule has 1 N–H and O–H groups in total. The van der Waals surface area contributed by atoms with Crippen molar-refractivity contribution in [3.05, 3.63) is 18.3 Å². The molecule has 3 rings (SSSR count). The van der Waals surface area contributed by atoms with Crippen molar-refractivity contribution in [3.63, 3.8) is 0 Å². The van der Waals surface area contributed by atoms with Gasteiger partial charge in [-0.1, -0.05) is 20.3 Å². The Morgan fingerprint density at radius 1 is 1.15 bits per heavy atom. The fourth-order valence-corrected chi connectivity index (χ4v) is 5.96. The maximum Gasteiger partial charge on any atom is 0.244 e. The minimum atomic E-state index is -3.41. The van der Waals surface area contributed by atoms with E-state index < -0.39 is 10.0 Å². The van der Waals surface area contributed by atoms with Crippen LogP contribution < -0.4 is 5.32 Å². The first-order valence-electron chi connectivity index (χ1n) is 10.3. The van der Waals surface area contributed by atoms with E-state index in [9.17, 15) is 8.42 Å². The summed E-state index contributed by atoms with van der Waals surface area (Å²) in [4.78, 5) is 7.18. The van der Waals surface area contributed by atoms with Crippen LogP contribution in [0.15, 0.2) is 23.2 Å². The molecule has 3 unspecified atom stereocenters. The zero-order valence-corrected chi connectivity index (χ0v) is 17.7. The Kier molecular flexibility index (Phi) is 6.76. The molecule has 0 bridgehead atoms. The molecule has 3 heterocycles. The van der Waals surface area contributed by atoms with Gasteiger partial charge in [-0.05, 0) is 50.2 Å². The number of nitrogens with zero attached hydrogens (tertiary/aromatic N) is 3. The number of rotatable bonds is 6. The summed E-state index contributed by atoms with van der Waals surface area (Å²) in [6.45, 7) is 11.3. The molecule has 6 nitrogen and oxygen atoms in total. The van der Waals surface area contributed by atoms with Crippen molar-refractivity contribution in [1.82, 2.24) is 14.2 Å². The summed E-state index contributed by atoms with van der Waals surface area (Å²) >= 11 is 0. The predicted molar refractivity (Wildman–Crippen MR) is 109 cm³/mol. The zero-order chi connectivity index (χ0) is 19.4. The molecule has 0 spiro atoms. The Bertz CT molecular complexity index is 691. The Morgan fingerprint density at radius 3 is 2.41 bits per heavy atom. The van der Waals surface area contributed by atoms with Crippen molar-refractivity contribution in [3.8, 4) is 0 Å². The number of pyridine rings is 1. The molecule has 2 saturated heterocycles. The third kappa shape index (κ3) is 5.42. The standard InChI is InChI=1S/C20H34N4O2S/c1-16-11-17(2)14-23(13-16)15-18(3)22-20-8-7-19(12-21-20)27(25,26)24-9-5-4-6-10-24/h7-8,12,16-18H,4-6,9-11,13-15H2,1-3H3,(H,21,22). The molecule has 2 fully saturated rings. The number of likely N-dealkylation sites (tertiary alicyclic amines) is 1.